The highest BCUT2D eigenvalue weighted by Gasteiger charge is 2.27. The summed E-state index contributed by atoms with van der Waals surface area (Å²) in [5.41, 5.74) is 2.52. The molecule has 0 bridgehead atoms. The van der Waals surface area contributed by atoms with E-state index in [0.29, 0.717) is 5.13 Å². The van der Waals surface area contributed by atoms with Crippen LogP contribution in [0.5, 0.6) is 0 Å². The summed E-state index contributed by atoms with van der Waals surface area (Å²) in [5.74, 6) is 0.225. The third kappa shape index (κ3) is 5.93. The third-order valence-corrected chi connectivity index (χ3v) is 6.33. The normalized spacial score (nSPS) is 11.8. The summed E-state index contributed by atoms with van der Waals surface area (Å²) in [6, 6.07) is 18.3. The van der Waals surface area contributed by atoms with Crippen LogP contribution < -0.4 is 10.6 Å². The third-order valence-electron chi connectivity index (χ3n) is 5.36. The second kappa shape index (κ2) is 11.0. The van der Waals surface area contributed by atoms with Crippen LogP contribution in [0, 0.1) is 5.92 Å². The van der Waals surface area contributed by atoms with Crippen molar-refractivity contribution in [3.05, 3.63) is 78.6 Å². The van der Waals surface area contributed by atoms with E-state index in [9.17, 15) is 9.59 Å². The summed E-state index contributed by atoms with van der Waals surface area (Å²) in [6.45, 7) is 3.84. The Bertz CT molecular complexity index is 1280. The van der Waals surface area contributed by atoms with Gasteiger partial charge in [0.05, 0.1) is 10.6 Å². The van der Waals surface area contributed by atoms with Crippen molar-refractivity contribution < 1.29 is 14.3 Å². The lowest BCUT2D eigenvalue weighted by Crippen LogP contribution is -2.47. The number of thiazole rings is 1. The van der Waals surface area contributed by atoms with E-state index >= 15 is 0 Å². The zero-order valence-electron chi connectivity index (χ0n) is 19.8. The average molecular weight is 490 g/mol. The molecule has 0 aliphatic rings. The van der Waals surface area contributed by atoms with Crippen molar-refractivity contribution in [1.29, 1.82) is 0 Å². The summed E-state index contributed by atoms with van der Waals surface area (Å²) in [5, 5.41) is 5.99. The smallest absolute Gasteiger partial charge is 0.408 e. The molecule has 1 atom stereocenters. The predicted octanol–water partition coefficient (Wildman–Crippen LogP) is 5.10. The van der Waals surface area contributed by atoms with E-state index in [4.69, 9.17) is 9.72 Å². The number of aromatic nitrogens is 3. The van der Waals surface area contributed by atoms with Crippen molar-refractivity contribution >= 4 is 28.5 Å². The molecule has 0 spiro atoms. The van der Waals surface area contributed by atoms with Gasteiger partial charge in [-0.3, -0.25) is 4.79 Å². The largest absolute Gasteiger partial charge is 0.445 e. The van der Waals surface area contributed by atoms with Crippen LogP contribution in [0.15, 0.2) is 73.1 Å². The Balaban J connectivity index is 1.50. The molecule has 0 saturated heterocycles. The van der Waals surface area contributed by atoms with Gasteiger partial charge in [0, 0.05) is 25.0 Å². The highest BCUT2D eigenvalue weighted by Crippen LogP contribution is 2.38. The number of nitrogens with zero attached hydrogens (tertiary/aromatic N) is 3. The van der Waals surface area contributed by atoms with Gasteiger partial charge in [-0.1, -0.05) is 85.8 Å². The fourth-order valence-electron chi connectivity index (χ4n) is 3.51. The number of amides is 2. The number of hydrogen-bond donors (Lipinski definition) is 2. The molecule has 2 heterocycles. The maximum atomic E-state index is 13.1. The Hall–Kier alpha value is -3.98. The Morgan fingerprint density at radius 3 is 2.37 bits per heavy atom. The van der Waals surface area contributed by atoms with Crippen LogP contribution in [-0.4, -0.2) is 32.6 Å². The molecule has 2 aromatic carbocycles. The Labute approximate surface area is 208 Å². The topological polar surface area (TPSA) is 98.1 Å². The molecule has 0 aliphatic heterocycles. The van der Waals surface area contributed by atoms with Crippen LogP contribution in [0.2, 0.25) is 0 Å². The fourth-order valence-corrected chi connectivity index (χ4v) is 4.54. The molecule has 2 amide bonds. The lowest BCUT2D eigenvalue weighted by molar-refractivity contribution is -0.119. The van der Waals surface area contributed by atoms with Crippen molar-refractivity contribution in [3.63, 3.8) is 0 Å². The van der Waals surface area contributed by atoms with Gasteiger partial charge in [-0.05, 0) is 11.5 Å². The van der Waals surface area contributed by atoms with Crippen molar-refractivity contribution in [2.75, 3.05) is 5.32 Å². The molecule has 0 radical (unpaired) electrons. The summed E-state index contributed by atoms with van der Waals surface area (Å²) in [4.78, 5) is 35.5. The molecule has 35 heavy (non-hydrogen) atoms. The predicted molar refractivity (Wildman–Crippen MR) is 137 cm³/mol. The highest BCUT2D eigenvalue weighted by molar-refractivity contribution is 7.19. The zero-order valence-corrected chi connectivity index (χ0v) is 20.6. The molecule has 0 aliphatic carbocycles. The summed E-state index contributed by atoms with van der Waals surface area (Å²) >= 11 is 1.34. The fraction of sp³-hybridized carbons (Fsp3) is 0.231. The summed E-state index contributed by atoms with van der Waals surface area (Å²) in [7, 11) is 1.91. The van der Waals surface area contributed by atoms with Gasteiger partial charge in [0.15, 0.2) is 11.0 Å². The minimum absolute atomic E-state index is 0.124. The molecule has 2 N–H and O–H groups in total. The van der Waals surface area contributed by atoms with Crippen molar-refractivity contribution in [1.82, 2.24) is 19.9 Å². The van der Waals surface area contributed by atoms with E-state index in [0.717, 1.165) is 27.5 Å². The van der Waals surface area contributed by atoms with Crippen LogP contribution in [0.25, 0.3) is 22.0 Å². The quantitative estimate of drug-likeness (QED) is 0.359. The van der Waals surface area contributed by atoms with Gasteiger partial charge in [0.2, 0.25) is 5.91 Å². The minimum Gasteiger partial charge on any atom is -0.445 e. The highest BCUT2D eigenvalue weighted by atomic mass is 32.1. The second-order valence-corrected chi connectivity index (χ2v) is 9.34. The number of rotatable bonds is 8. The van der Waals surface area contributed by atoms with E-state index in [1.165, 1.54) is 11.3 Å². The number of nitrogens with one attached hydrogen (secondary N) is 2. The molecule has 8 nitrogen and oxygen atoms in total. The Morgan fingerprint density at radius 2 is 1.74 bits per heavy atom. The van der Waals surface area contributed by atoms with E-state index in [-0.39, 0.29) is 18.4 Å². The van der Waals surface area contributed by atoms with E-state index in [2.05, 4.69) is 15.6 Å². The Kier molecular flexibility index (Phi) is 7.57. The number of hydrogen-bond acceptors (Lipinski definition) is 6. The summed E-state index contributed by atoms with van der Waals surface area (Å²) in [6.07, 6.45) is 2.93. The molecular formula is C26H27N5O3S. The van der Waals surface area contributed by atoms with E-state index in [1.54, 1.807) is 6.20 Å². The van der Waals surface area contributed by atoms with Gasteiger partial charge >= 0.3 is 6.09 Å². The molecular weight excluding hydrogens is 462 g/mol. The van der Waals surface area contributed by atoms with Gasteiger partial charge < -0.3 is 19.9 Å². The first-order valence-electron chi connectivity index (χ1n) is 11.2. The van der Waals surface area contributed by atoms with Gasteiger partial charge in [0.25, 0.3) is 0 Å². The first kappa shape index (κ1) is 24.2. The van der Waals surface area contributed by atoms with Gasteiger partial charge in [-0.15, -0.1) is 0 Å². The number of anilines is 1. The van der Waals surface area contributed by atoms with Crippen LogP contribution in [0.3, 0.4) is 0 Å². The van der Waals surface area contributed by atoms with Crippen LogP contribution in [-0.2, 0) is 23.2 Å². The number of carbonyl (C=O) groups excluding carboxylic acids is 2. The van der Waals surface area contributed by atoms with Gasteiger partial charge in [-0.25, -0.2) is 14.8 Å². The molecule has 0 saturated carbocycles. The van der Waals surface area contributed by atoms with E-state index < -0.39 is 12.1 Å². The standard InChI is InChI=1S/C26H27N5O3S/c1-17(2)20(29-26(33)34-16-18-10-6-4-7-11-18)24(32)30-25-28-21(19-12-8-5-9-13-19)22(35-25)23-27-14-15-31(23)3/h4-15,17,20H,16H2,1-3H3,(H,29,33)(H,28,30,32)/t20-/m0/s1. The maximum Gasteiger partial charge on any atom is 0.408 e. The number of ether oxygens (including phenoxy) is 1. The van der Waals surface area contributed by atoms with Crippen molar-refractivity contribution in [2.24, 2.45) is 13.0 Å². The Morgan fingerprint density at radius 1 is 1.06 bits per heavy atom. The van der Waals surface area contributed by atoms with Gasteiger partial charge in [0.1, 0.15) is 12.6 Å². The van der Waals surface area contributed by atoms with Crippen LogP contribution >= 0.6 is 11.3 Å². The van der Waals surface area contributed by atoms with Gasteiger partial charge in [-0.2, -0.15) is 0 Å². The number of carbonyl (C=O) groups is 2. The van der Waals surface area contributed by atoms with E-state index in [1.807, 2.05) is 92.3 Å². The first-order chi connectivity index (χ1) is 16.9. The average Bonchev–Trinajstić information content (AvgIpc) is 3.47. The number of alkyl carbamates (subject to hydrolysis) is 1. The molecule has 180 valence electrons. The lowest BCUT2D eigenvalue weighted by atomic mass is 10.0. The molecule has 2 aromatic heterocycles. The molecule has 0 fully saturated rings. The number of benzene rings is 2. The van der Waals surface area contributed by atoms with Crippen LogP contribution in [0.4, 0.5) is 9.93 Å². The number of aryl methyl sites for hydroxylation is 1. The molecule has 0 unspecified atom stereocenters. The second-order valence-electron chi connectivity index (χ2n) is 8.34. The lowest BCUT2D eigenvalue weighted by Gasteiger charge is -2.20. The summed E-state index contributed by atoms with van der Waals surface area (Å²) < 4.78 is 7.21. The minimum atomic E-state index is -0.793. The number of imidazole rings is 1. The SMILES string of the molecule is CC(C)[C@H](NC(=O)OCc1ccccc1)C(=O)Nc1nc(-c2ccccc2)c(-c2nccn2C)s1. The molecule has 4 rings (SSSR count). The van der Waals surface area contributed by atoms with Crippen molar-refractivity contribution in [2.45, 2.75) is 26.5 Å². The molecule has 9 heteroatoms. The molecule has 4 aromatic rings. The van der Waals surface area contributed by atoms with Crippen LogP contribution in [0.1, 0.15) is 19.4 Å². The first-order valence-corrected chi connectivity index (χ1v) is 12.1. The maximum absolute atomic E-state index is 13.1. The zero-order chi connectivity index (χ0) is 24.8. The monoisotopic (exact) mass is 489 g/mol. The van der Waals surface area contributed by atoms with Crippen molar-refractivity contribution in [3.8, 4) is 22.0 Å².